The molecule has 3 atom stereocenters. The predicted molar refractivity (Wildman–Crippen MR) is 82.6 cm³/mol. The molecule has 0 amide bonds. The third-order valence-electron chi connectivity index (χ3n) is 3.28. The van der Waals surface area contributed by atoms with Crippen LogP contribution in [0.5, 0.6) is 0 Å². The Labute approximate surface area is 124 Å². The summed E-state index contributed by atoms with van der Waals surface area (Å²) >= 11 is 11.5. The number of morpholine rings is 1. The smallest absolute Gasteiger partial charge is 0.0948 e. The van der Waals surface area contributed by atoms with E-state index in [1.54, 1.807) is 0 Å². The Kier molecular flexibility index (Phi) is 4.79. The molecule has 3 unspecified atom stereocenters. The molecular weight excluding hydrogens is 280 g/mol. The van der Waals surface area contributed by atoms with Crippen LogP contribution in [0.15, 0.2) is 24.3 Å². The van der Waals surface area contributed by atoms with Gasteiger partial charge in [0.05, 0.1) is 23.2 Å². The Morgan fingerprint density at radius 1 is 1.37 bits per heavy atom. The van der Waals surface area contributed by atoms with Crippen molar-refractivity contribution in [2.24, 2.45) is 5.73 Å². The Morgan fingerprint density at radius 3 is 2.47 bits per heavy atom. The van der Waals surface area contributed by atoms with Gasteiger partial charge in [-0.1, -0.05) is 42.0 Å². The number of thiocarbonyl (C=S) groups is 1. The van der Waals surface area contributed by atoms with Crippen molar-refractivity contribution in [3.8, 4) is 0 Å². The average Bonchev–Trinajstić information content (AvgIpc) is 2.30. The zero-order chi connectivity index (χ0) is 14.0. The van der Waals surface area contributed by atoms with E-state index in [-0.39, 0.29) is 18.2 Å². The van der Waals surface area contributed by atoms with Crippen molar-refractivity contribution < 1.29 is 4.74 Å². The standard InChI is InChI=1S/C14H19ClN2OS/c1-9-7-17(8-10(2)18-9)13(14(16)19)11-5-3-4-6-12(11)15/h3-6,9-10,13H,7-8H2,1-2H3,(H2,16,19). The summed E-state index contributed by atoms with van der Waals surface area (Å²) in [5.41, 5.74) is 6.92. The van der Waals surface area contributed by atoms with Crippen molar-refractivity contribution in [1.29, 1.82) is 0 Å². The highest BCUT2D eigenvalue weighted by molar-refractivity contribution is 7.80. The molecule has 3 nitrogen and oxygen atoms in total. The van der Waals surface area contributed by atoms with Gasteiger partial charge in [-0.05, 0) is 25.5 Å². The first-order chi connectivity index (χ1) is 8.99. The van der Waals surface area contributed by atoms with Gasteiger partial charge in [-0.3, -0.25) is 4.90 Å². The fraction of sp³-hybridized carbons (Fsp3) is 0.500. The Morgan fingerprint density at radius 2 is 1.95 bits per heavy atom. The Bertz CT molecular complexity index is 459. The maximum Gasteiger partial charge on any atom is 0.0948 e. The molecule has 1 heterocycles. The van der Waals surface area contributed by atoms with Crippen molar-refractivity contribution in [3.05, 3.63) is 34.9 Å². The van der Waals surface area contributed by atoms with Crippen LogP contribution in [0.3, 0.4) is 0 Å². The van der Waals surface area contributed by atoms with E-state index in [0.717, 1.165) is 18.7 Å². The summed E-state index contributed by atoms with van der Waals surface area (Å²) in [6, 6.07) is 7.59. The van der Waals surface area contributed by atoms with E-state index in [0.29, 0.717) is 10.0 Å². The van der Waals surface area contributed by atoms with Gasteiger partial charge in [-0.25, -0.2) is 0 Å². The fourth-order valence-electron chi connectivity index (χ4n) is 2.66. The van der Waals surface area contributed by atoms with Crippen LogP contribution in [0.1, 0.15) is 25.5 Å². The normalized spacial score (nSPS) is 26.1. The lowest BCUT2D eigenvalue weighted by molar-refractivity contribution is -0.0736. The number of halogens is 1. The third-order valence-corrected chi connectivity index (χ3v) is 3.85. The number of hydrogen-bond donors (Lipinski definition) is 1. The summed E-state index contributed by atoms with van der Waals surface area (Å²) in [5, 5.41) is 0.701. The van der Waals surface area contributed by atoms with Crippen LogP contribution >= 0.6 is 23.8 Å². The summed E-state index contributed by atoms with van der Waals surface area (Å²) in [5.74, 6) is 0. The number of nitrogens with two attached hydrogens (primary N) is 1. The number of ether oxygens (including phenoxy) is 1. The molecule has 1 aliphatic rings. The van der Waals surface area contributed by atoms with Gasteiger partial charge >= 0.3 is 0 Å². The van der Waals surface area contributed by atoms with Crippen LogP contribution in [-0.4, -0.2) is 35.2 Å². The van der Waals surface area contributed by atoms with E-state index < -0.39 is 0 Å². The van der Waals surface area contributed by atoms with Crippen molar-refractivity contribution in [2.45, 2.75) is 32.1 Å². The molecule has 1 fully saturated rings. The second-order valence-corrected chi connectivity index (χ2v) is 5.92. The molecule has 104 valence electrons. The first kappa shape index (κ1) is 14.7. The van der Waals surface area contributed by atoms with Gasteiger partial charge in [-0.15, -0.1) is 0 Å². The number of nitrogens with zero attached hydrogens (tertiary/aromatic N) is 1. The van der Waals surface area contributed by atoms with E-state index in [4.69, 9.17) is 34.3 Å². The van der Waals surface area contributed by atoms with Gasteiger partial charge in [0.15, 0.2) is 0 Å². The van der Waals surface area contributed by atoms with Crippen LogP contribution in [-0.2, 0) is 4.74 Å². The summed E-state index contributed by atoms with van der Waals surface area (Å²) in [4.78, 5) is 2.71. The predicted octanol–water partition coefficient (Wildman–Crippen LogP) is 2.78. The second kappa shape index (κ2) is 6.18. The maximum atomic E-state index is 6.28. The number of hydrogen-bond acceptors (Lipinski definition) is 3. The highest BCUT2D eigenvalue weighted by Gasteiger charge is 2.31. The van der Waals surface area contributed by atoms with Gasteiger partial charge in [0.2, 0.25) is 0 Å². The largest absolute Gasteiger partial charge is 0.392 e. The minimum absolute atomic E-state index is 0.127. The Hall–Kier alpha value is -0.680. The summed E-state index contributed by atoms with van der Waals surface area (Å²) < 4.78 is 5.75. The molecule has 0 aliphatic carbocycles. The fourth-order valence-corrected chi connectivity index (χ4v) is 3.17. The van der Waals surface area contributed by atoms with Gasteiger partial charge in [0.1, 0.15) is 0 Å². The van der Waals surface area contributed by atoms with E-state index in [1.807, 2.05) is 24.3 Å². The quantitative estimate of drug-likeness (QED) is 0.871. The SMILES string of the molecule is CC1CN(C(C(N)=S)c2ccccc2Cl)CC(C)O1. The topological polar surface area (TPSA) is 38.5 Å². The lowest BCUT2D eigenvalue weighted by Crippen LogP contribution is -2.49. The van der Waals surface area contributed by atoms with Crippen molar-refractivity contribution >= 4 is 28.8 Å². The second-order valence-electron chi connectivity index (χ2n) is 5.04. The van der Waals surface area contributed by atoms with E-state index >= 15 is 0 Å². The molecule has 0 spiro atoms. The van der Waals surface area contributed by atoms with Crippen LogP contribution < -0.4 is 5.73 Å². The Balaban J connectivity index is 2.31. The molecule has 0 saturated carbocycles. The first-order valence-corrected chi connectivity index (χ1v) is 7.21. The zero-order valence-electron chi connectivity index (χ0n) is 11.2. The maximum absolute atomic E-state index is 6.28. The van der Waals surface area contributed by atoms with Gasteiger partial charge < -0.3 is 10.5 Å². The molecule has 0 aromatic heterocycles. The van der Waals surface area contributed by atoms with Crippen molar-refractivity contribution in [3.63, 3.8) is 0 Å². The monoisotopic (exact) mass is 298 g/mol. The minimum atomic E-state index is -0.127. The van der Waals surface area contributed by atoms with Gasteiger partial charge in [0, 0.05) is 18.1 Å². The van der Waals surface area contributed by atoms with E-state index in [1.165, 1.54) is 0 Å². The molecule has 0 radical (unpaired) electrons. The lowest BCUT2D eigenvalue weighted by Gasteiger charge is -2.40. The molecule has 2 N–H and O–H groups in total. The molecule has 1 aromatic carbocycles. The molecule has 5 heteroatoms. The van der Waals surface area contributed by atoms with E-state index in [2.05, 4.69) is 18.7 Å². The molecule has 1 aliphatic heterocycles. The lowest BCUT2D eigenvalue weighted by atomic mass is 10.0. The molecule has 0 bridgehead atoms. The van der Waals surface area contributed by atoms with Gasteiger partial charge in [-0.2, -0.15) is 0 Å². The summed E-state index contributed by atoms with van der Waals surface area (Å²) in [7, 11) is 0. The highest BCUT2D eigenvalue weighted by atomic mass is 35.5. The van der Waals surface area contributed by atoms with Crippen LogP contribution in [0, 0.1) is 0 Å². The molecule has 19 heavy (non-hydrogen) atoms. The molecule has 1 aromatic rings. The third kappa shape index (κ3) is 3.45. The molecule has 1 saturated heterocycles. The van der Waals surface area contributed by atoms with Gasteiger partial charge in [0.25, 0.3) is 0 Å². The van der Waals surface area contributed by atoms with Crippen LogP contribution in [0.25, 0.3) is 0 Å². The van der Waals surface area contributed by atoms with Crippen LogP contribution in [0.4, 0.5) is 0 Å². The summed E-state index contributed by atoms with van der Waals surface area (Å²) in [6.45, 7) is 5.73. The number of rotatable bonds is 3. The average molecular weight is 299 g/mol. The zero-order valence-corrected chi connectivity index (χ0v) is 12.7. The van der Waals surface area contributed by atoms with Crippen molar-refractivity contribution in [1.82, 2.24) is 4.90 Å². The van der Waals surface area contributed by atoms with E-state index in [9.17, 15) is 0 Å². The first-order valence-electron chi connectivity index (χ1n) is 6.42. The highest BCUT2D eigenvalue weighted by Crippen LogP contribution is 2.30. The molecular formula is C14H19ClN2OS. The van der Waals surface area contributed by atoms with Crippen molar-refractivity contribution in [2.75, 3.05) is 13.1 Å². The number of benzene rings is 1. The van der Waals surface area contributed by atoms with Crippen LogP contribution in [0.2, 0.25) is 5.02 Å². The molecule has 2 rings (SSSR count). The summed E-state index contributed by atoms with van der Waals surface area (Å²) in [6.07, 6.45) is 0.339. The minimum Gasteiger partial charge on any atom is -0.392 e.